The Morgan fingerprint density at radius 3 is 2.15 bits per heavy atom. The molecule has 0 fully saturated rings. The molecule has 0 rings (SSSR count). The van der Waals surface area contributed by atoms with Crippen molar-refractivity contribution in [2.75, 3.05) is 27.3 Å². The zero-order valence-electron chi connectivity index (χ0n) is 9.85. The van der Waals surface area contributed by atoms with Gasteiger partial charge in [-0.25, -0.2) is 0 Å². The van der Waals surface area contributed by atoms with Gasteiger partial charge in [0.15, 0.2) is 0 Å². The largest absolute Gasteiger partial charge is 0.385 e. The summed E-state index contributed by atoms with van der Waals surface area (Å²) in [6, 6.07) is 0. The number of hydrogen-bond donors (Lipinski definition) is 0. The summed E-state index contributed by atoms with van der Waals surface area (Å²) in [6.07, 6.45) is 2.22. The fraction of sp³-hybridized carbons (Fsp3) is 0.800. The first kappa shape index (κ1) is 12.7. The monoisotopic (exact) mass is 201 g/mol. The molecule has 0 aliphatic carbocycles. The number of nitrogens with zero attached hydrogens (tertiary/aromatic N) is 1. The summed E-state index contributed by atoms with van der Waals surface area (Å²) in [4.78, 5) is 2.21. The molecule has 0 saturated carbocycles. The predicted molar refractivity (Wildman–Crippen MR) is 61.6 cm³/mol. The summed E-state index contributed by atoms with van der Waals surface area (Å²) in [5, 5.41) is 1.46. The average molecular weight is 201 g/mol. The molecule has 0 aromatic carbocycles. The third-order valence-electron chi connectivity index (χ3n) is 1.85. The molecule has 13 heavy (non-hydrogen) atoms. The van der Waals surface area contributed by atoms with Gasteiger partial charge in [-0.05, 0) is 18.3 Å². The van der Waals surface area contributed by atoms with E-state index in [-0.39, 0.29) is 0 Å². The molecule has 0 amide bonds. The summed E-state index contributed by atoms with van der Waals surface area (Å²) < 4.78 is 5.33. The lowest BCUT2D eigenvalue weighted by atomic mass is 10.6. The lowest BCUT2D eigenvalue weighted by Gasteiger charge is -2.28. The molecule has 0 bridgehead atoms. The zero-order valence-corrected chi connectivity index (χ0v) is 10.8. The highest BCUT2D eigenvalue weighted by atomic mass is 28.3. The number of hydrogen-bond acceptors (Lipinski definition) is 2. The predicted octanol–water partition coefficient (Wildman–Crippen LogP) is 2.35. The van der Waals surface area contributed by atoms with Crippen molar-refractivity contribution in [1.29, 1.82) is 0 Å². The van der Waals surface area contributed by atoms with Crippen LogP contribution in [-0.2, 0) is 4.74 Å². The van der Waals surface area contributed by atoms with E-state index in [1.54, 1.807) is 0 Å². The molecule has 0 radical (unpaired) electrons. The van der Waals surface area contributed by atoms with Crippen LogP contribution < -0.4 is 0 Å². The molecule has 0 spiro atoms. The Morgan fingerprint density at radius 1 is 1.31 bits per heavy atom. The van der Waals surface area contributed by atoms with Gasteiger partial charge in [0.05, 0.1) is 14.7 Å². The van der Waals surface area contributed by atoms with Crippen LogP contribution in [0, 0.1) is 0 Å². The molecule has 0 heterocycles. The van der Waals surface area contributed by atoms with E-state index in [4.69, 9.17) is 4.74 Å². The van der Waals surface area contributed by atoms with Gasteiger partial charge in [0.2, 0.25) is 0 Å². The minimum absolute atomic E-state index is 0.744. The molecule has 0 aromatic rings. The Balaban J connectivity index is 4.34. The first-order valence-electron chi connectivity index (χ1n) is 4.85. The van der Waals surface area contributed by atoms with Crippen molar-refractivity contribution >= 4 is 8.07 Å². The van der Waals surface area contributed by atoms with Gasteiger partial charge in [0.25, 0.3) is 0 Å². The standard InChI is InChI=1S/C10H23NOSi/c1-7-12-9-8-10(11(2)3)13(4,5)6/h8H,7,9H2,1-6H3/b10-8-. The molecule has 0 aliphatic rings. The Kier molecular flexibility index (Phi) is 5.33. The van der Waals surface area contributed by atoms with Crippen molar-refractivity contribution in [3.8, 4) is 0 Å². The maximum atomic E-state index is 5.33. The van der Waals surface area contributed by atoms with Crippen molar-refractivity contribution in [2.24, 2.45) is 0 Å². The van der Waals surface area contributed by atoms with Crippen molar-refractivity contribution in [2.45, 2.75) is 26.6 Å². The van der Waals surface area contributed by atoms with Gasteiger partial charge in [-0.2, -0.15) is 0 Å². The minimum atomic E-state index is -1.19. The van der Waals surface area contributed by atoms with Gasteiger partial charge in [-0.15, -0.1) is 0 Å². The van der Waals surface area contributed by atoms with E-state index in [0.29, 0.717) is 0 Å². The first-order chi connectivity index (χ1) is 5.89. The van der Waals surface area contributed by atoms with Crippen LogP contribution >= 0.6 is 0 Å². The fourth-order valence-corrected chi connectivity index (χ4v) is 3.45. The van der Waals surface area contributed by atoms with Crippen LogP contribution in [0.15, 0.2) is 11.4 Å². The molecule has 78 valence electrons. The Labute approximate surface area is 83.6 Å². The highest BCUT2D eigenvalue weighted by Crippen LogP contribution is 2.15. The van der Waals surface area contributed by atoms with Crippen molar-refractivity contribution < 1.29 is 4.74 Å². The number of rotatable bonds is 5. The van der Waals surface area contributed by atoms with Crippen LogP contribution in [-0.4, -0.2) is 40.3 Å². The maximum absolute atomic E-state index is 5.33. The lowest BCUT2D eigenvalue weighted by molar-refractivity contribution is 0.176. The van der Waals surface area contributed by atoms with Crippen LogP contribution in [0.4, 0.5) is 0 Å². The van der Waals surface area contributed by atoms with E-state index < -0.39 is 8.07 Å². The van der Waals surface area contributed by atoms with Crippen LogP contribution in [0.1, 0.15) is 6.92 Å². The Morgan fingerprint density at radius 2 is 1.85 bits per heavy atom. The van der Waals surface area contributed by atoms with E-state index in [1.807, 2.05) is 6.92 Å². The van der Waals surface area contributed by atoms with Gasteiger partial charge < -0.3 is 9.64 Å². The highest BCUT2D eigenvalue weighted by molar-refractivity contribution is 6.82. The second-order valence-corrected chi connectivity index (χ2v) is 9.41. The molecule has 0 unspecified atom stereocenters. The molecule has 0 aliphatic heterocycles. The lowest BCUT2D eigenvalue weighted by Crippen LogP contribution is -2.33. The van der Waals surface area contributed by atoms with E-state index >= 15 is 0 Å². The van der Waals surface area contributed by atoms with Crippen LogP contribution in [0.25, 0.3) is 0 Å². The molecule has 0 atom stereocenters. The molecule has 3 heteroatoms. The zero-order chi connectivity index (χ0) is 10.5. The Hall–Kier alpha value is -0.283. The van der Waals surface area contributed by atoms with E-state index in [0.717, 1.165) is 13.2 Å². The van der Waals surface area contributed by atoms with Crippen LogP contribution in [0.3, 0.4) is 0 Å². The fourth-order valence-electron chi connectivity index (χ4n) is 1.42. The summed E-state index contributed by atoms with van der Waals surface area (Å²) in [5.41, 5.74) is 0. The summed E-state index contributed by atoms with van der Waals surface area (Å²) in [6.45, 7) is 10.6. The van der Waals surface area contributed by atoms with E-state index in [2.05, 4.69) is 44.7 Å². The molecular weight excluding hydrogens is 178 g/mol. The average Bonchev–Trinajstić information content (AvgIpc) is 1.94. The second kappa shape index (κ2) is 5.45. The molecule has 0 aromatic heterocycles. The van der Waals surface area contributed by atoms with E-state index in [1.165, 1.54) is 5.32 Å². The normalized spacial score (nSPS) is 13.2. The minimum Gasteiger partial charge on any atom is -0.385 e. The SMILES string of the molecule is CCOC/C=C(/N(C)C)[Si](C)(C)C. The topological polar surface area (TPSA) is 12.5 Å². The van der Waals surface area contributed by atoms with Gasteiger partial charge in [-0.3, -0.25) is 0 Å². The second-order valence-electron chi connectivity index (χ2n) is 4.39. The number of ether oxygens (including phenoxy) is 1. The molecule has 0 N–H and O–H groups in total. The third-order valence-corrected chi connectivity index (χ3v) is 4.04. The summed E-state index contributed by atoms with van der Waals surface area (Å²) in [7, 11) is 3.02. The highest BCUT2D eigenvalue weighted by Gasteiger charge is 2.20. The maximum Gasteiger partial charge on any atom is 0.0976 e. The molecular formula is C10H23NOSi. The van der Waals surface area contributed by atoms with Gasteiger partial charge in [0, 0.05) is 20.7 Å². The molecule has 2 nitrogen and oxygen atoms in total. The third kappa shape index (κ3) is 5.11. The summed E-state index contributed by atoms with van der Waals surface area (Å²) in [5.74, 6) is 0. The van der Waals surface area contributed by atoms with Crippen molar-refractivity contribution in [1.82, 2.24) is 4.90 Å². The van der Waals surface area contributed by atoms with Crippen LogP contribution in [0.5, 0.6) is 0 Å². The van der Waals surface area contributed by atoms with Gasteiger partial charge in [-0.1, -0.05) is 19.6 Å². The quantitative estimate of drug-likeness (QED) is 0.500. The van der Waals surface area contributed by atoms with Gasteiger partial charge >= 0.3 is 0 Å². The van der Waals surface area contributed by atoms with Crippen LogP contribution in [0.2, 0.25) is 19.6 Å². The Bertz CT molecular complexity index is 170. The molecule has 0 saturated heterocycles. The summed E-state index contributed by atoms with van der Waals surface area (Å²) >= 11 is 0. The van der Waals surface area contributed by atoms with Crippen molar-refractivity contribution in [3.05, 3.63) is 11.4 Å². The van der Waals surface area contributed by atoms with Crippen molar-refractivity contribution in [3.63, 3.8) is 0 Å². The van der Waals surface area contributed by atoms with E-state index in [9.17, 15) is 0 Å². The van der Waals surface area contributed by atoms with Gasteiger partial charge in [0.1, 0.15) is 0 Å². The first-order valence-corrected chi connectivity index (χ1v) is 8.35. The smallest absolute Gasteiger partial charge is 0.0976 e.